The van der Waals surface area contributed by atoms with E-state index in [2.05, 4.69) is 194 Å². The zero-order valence-corrected chi connectivity index (χ0v) is 27.5. The van der Waals surface area contributed by atoms with Gasteiger partial charge in [-0.05, 0) is 123 Å². The second kappa shape index (κ2) is 11.6. The quantitative estimate of drug-likeness (QED) is 0.169. The Morgan fingerprint density at radius 2 is 0.520 bits per heavy atom. The maximum Gasteiger partial charge on any atom is -0.00923 e. The van der Waals surface area contributed by atoms with E-state index in [1.807, 2.05) is 0 Å². The van der Waals surface area contributed by atoms with Gasteiger partial charge in [0, 0.05) is 0 Å². The molecule has 0 heterocycles. The van der Waals surface area contributed by atoms with Crippen LogP contribution in [0.15, 0.2) is 194 Å². The Kier molecular flexibility index (Phi) is 6.60. The van der Waals surface area contributed by atoms with Crippen LogP contribution in [0.4, 0.5) is 0 Å². The van der Waals surface area contributed by atoms with Crippen molar-refractivity contribution in [3.05, 3.63) is 194 Å². The lowest BCUT2D eigenvalue weighted by Gasteiger charge is -2.19. The molecular weight excluding hydrogens is 601 g/mol. The molecule has 50 heavy (non-hydrogen) atoms. The fourth-order valence-electron chi connectivity index (χ4n) is 8.05. The number of hydrogen-bond acceptors (Lipinski definition) is 0. The van der Waals surface area contributed by atoms with Gasteiger partial charge in [0.2, 0.25) is 0 Å². The fraction of sp³-hybridized carbons (Fsp3) is 0. The molecule has 0 radical (unpaired) electrons. The molecule has 0 aromatic heterocycles. The Bertz CT molecular complexity index is 2730. The van der Waals surface area contributed by atoms with E-state index >= 15 is 0 Å². The number of hydrogen-bond donors (Lipinski definition) is 0. The third-order valence-corrected chi connectivity index (χ3v) is 10.4. The predicted molar refractivity (Wildman–Crippen MR) is 216 cm³/mol. The van der Waals surface area contributed by atoms with Gasteiger partial charge in [-0.3, -0.25) is 0 Å². The van der Waals surface area contributed by atoms with E-state index in [0.717, 1.165) is 0 Å². The maximum atomic E-state index is 2.44. The summed E-state index contributed by atoms with van der Waals surface area (Å²) in [6.07, 6.45) is 0. The van der Waals surface area contributed by atoms with Gasteiger partial charge < -0.3 is 0 Å². The molecule has 0 spiro atoms. The molecule has 10 aromatic carbocycles. The summed E-state index contributed by atoms with van der Waals surface area (Å²) in [7, 11) is 0. The predicted octanol–water partition coefficient (Wildman–Crippen LogP) is 14.1. The largest absolute Gasteiger partial charge is 0.0616 e. The highest BCUT2D eigenvalue weighted by molar-refractivity contribution is 6.24. The molecule has 0 nitrogen and oxygen atoms in total. The lowest BCUT2D eigenvalue weighted by atomic mass is 9.84. The standard InChI is InChI=1S/C50H32/c1-3-15-35-29-37(27-25-33(35)13-1)39-17-5-7-19-41(39)47-31-49-46-24-12-10-22-44(46)48(32-50(49)45-23-11-9-21-43(45)47)42-20-8-6-18-40(42)38-28-26-34-14-2-4-16-36(34)30-38/h1-32H. The van der Waals surface area contributed by atoms with Gasteiger partial charge in [-0.1, -0.05) is 170 Å². The van der Waals surface area contributed by atoms with Crippen molar-refractivity contribution in [2.24, 2.45) is 0 Å². The molecule has 0 fully saturated rings. The summed E-state index contributed by atoms with van der Waals surface area (Å²) in [4.78, 5) is 0. The lowest BCUT2D eigenvalue weighted by Crippen LogP contribution is -1.92. The van der Waals surface area contributed by atoms with Crippen molar-refractivity contribution >= 4 is 53.9 Å². The lowest BCUT2D eigenvalue weighted by molar-refractivity contribution is 1.62. The molecule has 232 valence electrons. The van der Waals surface area contributed by atoms with Gasteiger partial charge in [0.15, 0.2) is 0 Å². The van der Waals surface area contributed by atoms with Gasteiger partial charge in [-0.25, -0.2) is 0 Å². The fourth-order valence-corrected chi connectivity index (χ4v) is 8.05. The van der Waals surface area contributed by atoms with Crippen LogP contribution in [0.1, 0.15) is 0 Å². The number of rotatable bonds is 4. The molecule has 0 bridgehead atoms. The van der Waals surface area contributed by atoms with E-state index in [1.165, 1.54) is 98.4 Å². The Hall–Kier alpha value is -6.50. The smallest absolute Gasteiger partial charge is 0.00923 e. The van der Waals surface area contributed by atoms with Crippen LogP contribution in [0.3, 0.4) is 0 Å². The van der Waals surface area contributed by atoms with Gasteiger partial charge in [0.1, 0.15) is 0 Å². The van der Waals surface area contributed by atoms with Crippen LogP contribution in [0.2, 0.25) is 0 Å². The minimum absolute atomic E-state index is 1.23. The van der Waals surface area contributed by atoms with E-state index in [1.54, 1.807) is 0 Å². The number of benzene rings is 10. The molecule has 0 saturated carbocycles. The van der Waals surface area contributed by atoms with Crippen LogP contribution in [-0.4, -0.2) is 0 Å². The third-order valence-electron chi connectivity index (χ3n) is 10.4. The third kappa shape index (κ3) is 4.61. The molecule has 0 saturated heterocycles. The maximum absolute atomic E-state index is 2.44. The molecule has 10 rings (SSSR count). The van der Waals surface area contributed by atoms with Crippen LogP contribution in [0, 0.1) is 0 Å². The summed E-state index contributed by atoms with van der Waals surface area (Å²) in [5, 5.41) is 12.6. The van der Waals surface area contributed by atoms with E-state index < -0.39 is 0 Å². The van der Waals surface area contributed by atoms with Crippen LogP contribution in [-0.2, 0) is 0 Å². The minimum Gasteiger partial charge on any atom is -0.0616 e. The SMILES string of the molecule is c1ccc(-c2cc3c4ccccc4c(-c4ccccc4-c4ccc5ccccc5c4)cc3c3ccccc23)c(-c2ccc3ccccc3c2)c1. The van der Waals surface area contributed by atoms with Crippen LogP contribution in [0.5, 0.6) is 0 Å². The van der Waals surface area contributed by atoms with E-state index in [-0.39, 0.29) is 0 Å². The number of fused-ring (bicyclic) bond motifs is 7. The van der Waals surface area contributed by atoms with Gasteiger partial charge >= 0.3 is 0 Å². The summed E-state index contributed by atoms with van der Waals surface area (Å²) in [5.74, 6) is 0. The second-order valence-electron chi connectivity index (χ2n) is 13.2. The molecule has 0 N–H and O–H groups in total. The van der Waals surface area contributed by atoms with E-state index in [4.69, 9.17) is 0 Å². The van der Waals surface area contributed by atoms with Crippen molar-refractivity contribution in [1.82, 2.24) is 0 Å². The van der Waals surface area contributed by atoms with Crippen molar-refractivity contribution in [3.63, 3.8) is 0 Å². The van der Waals surface area contributed by atoms with Crippen LogP contribution >= 0.6 is 0 Å². The highest BCUT2D eigenvalue weighted by Gasteiger charge is 2.18. The normalized spacial score (nSPS) is 11.6. The first-order valence-electron chi connectivity index (χ1n) is 17.3. The van der Waals surface area contributed by atoms with Crippen molar-refractivity contribution < 1.29 is 0 Å². The Balaban J connectivity index is 1.24. The average Bonchev–Trinajstić information content (AvgIpc) is 3.20. The van der Waals surface area contributed by atoms with Crippen LogP contribution in [0.25, 0.3) is 98.4 Å². The van der Waals surface area contributed by atoms with Gasteiger partial charge in [0.25, 0.3) is 0 Å². The zero-order chi connectivity index (χ0) is 33.0. The average molecular weight is 633 g/mol. The van der Waals surface area contributed by atoms with Gasteiger partial charge in [-0.2, -0.15) is 0 Å². The Morgan fingerprint density at radius 1 is 0.180 bits per heavy atom. The van der Waals surface area contributed by atoms with Crippen molar-refractivity contribution in [3.8, 4) is 44.5 Å². The highest BCUT2D eigenvalue weighted by Crippen LogP contribution is 2.45. The van der Waals surface area contributed by atoms with Gasteiger partial charge in [-0.15, -0.1) is 0 Å². The summed E-state index contributed by atoms with van der Waals surface area (Å²) < 4.78 is 0. The minimum atomic E-state index is 1.23. The topological polar surface area (TPSA) is 0 Å². The molecule has 0 aliphatic heterocycles. The van der Waals surface area contributed by atoms with Crippen molar-refractivity contribution in [2.45, 2.75) is 0 Å². The molecule has 10 aromatic rings. The molecule has 0 unspecified atom stereocenters. The van der Waals surface area contributed by atoms with E-state index in [0.29, 0.717) is 0 Å². The first kappa shape index (κ1) is 28.5. The first-order chi connectivity index (χ1) is 24.8. The van der Waals surface area contributed by atoms with Crippen molar-refractivity contribution in [1.29, 1.82) is 0 Å². The zero-order valence-electron chi connectivity index (χ0n) is 27.5. The van der Waals surface area contributed by atoms with Gasteiger partial charge in [0.05, 0.1) is 0 Å². The van der Waals surface area contributed by atoms with Crippen molar-refractivity contribution in [2.75, 3.05) is 0 Å². The Labute approximate surface area is 291 Å². The molecule has 0 atom stereocenters. The molecule has 0 amide bonds. The summed E-state index contributed by atoms with van der Waals surface area (Å²) in [5.41, 5.74) is 9.95. The molecule has 0 aliphatic rings. The van der Waals surface area contributed by atoms with Crippen LogP contribution < -0.4 is 0 Å². The molecular formula is C50H32. The first-order valence-corrected chi connectivity index (χ1v) is 17.3. The summed E-state index contributed by atoms with van der Waals surface area (Å²) >= 11 is 0. The van der Waals surface area contributed by atoms with E-state index in [9.17, 15) is 0 Å². The monoisotopic (exact) mass is 632 g/mol. The highest BCUT2D eigenvalue weighted by atomic mass is 14.2. The summed E-state index contributed by atoms with van der Waals surface area (Å²) in [6.45, 7) is 0. The Morgan fingerprint density at radius 3 is 0.960 bits per heavy atom. The molecule has 0 aliphatic carbocycles. The second-order valence-corrected chi connectivity index (χ2v) is 13.2. The molecule has 0 heteroatoms. The summed E-state index contributed by atoms with van der Waals surface area (Å²) in [6, 6.07) is 71.4.